The van der Waals surface area contributed by atoms with Gasteiger partial charge in [0.25, 0.3) is 5.56 Å². The zero-order valence-corrected chi connectivity index (χ0v) is 12.7. The average molecular weight is 297 g/mol. The molecule has 0 atom stereocenters. The molecule has 6 nitrogen and oxygen atoms in total. The fraction of sp³-hybridized carbons (Fsp3) is 0.538. The molecule has 7 heteroatoms. The molecule has 0 spiro atoms. The molecule has 2 aromatic rings. The Morgan fingerprint density at radius 3 is 2.55 bits per heavy atom. The summed E-state index contributed by atoms with van der Waals surface area (Å²) in [6.07, 6.45) is 0. The molecule has 0 unspecified atom stereocenters. The first-order valence-corrected chi connectivity index (χ1v) is 7.33. The summed E-state index contributed by atoms with van der Waals surface area (Å²) in [7, 11) is 1.59. The molecule has 2 rings (SSSR count). The molecule has 0 aromatic carbocycles. The molecule has 2 heterocycles. The van der Waals surface area contributed by atoms with Crippen molar-refractivity contribution < 1.29 is 4.74 Å². The Balaban J connectivity index is 2.88. The van der Waals surface area contributed by atoms with Crippen LogP contribution in [0.15, 0.2) is 9.59 Å². The largest absolute Gasteiger partial charge is 0.383 e. The Morgan fingerprint density at radius 1 is 1.30 bits per heavy atom. The van der Waals surface area contributed by atoms with Gasteiger partial charge in [-0.15, -0.1) is 11.3 Å². The highest BCUT2D eigenvalue weighted by molar-refractivity contribution is 7.18. The van der Waals surface area contributed by atoms with Gasteiger partial charge in [-0.25, -0.2) is 4.79 Å². The molecule has 0 amide bonds. The summed E-state index contributed by atoms with van der Waals surface area (Å²) < 4.78 is 7.92. The molecule has 2 N–H and O–H groups in total. The van der Waals surface area contributed by atoms with Gasteiger partial charge in [0, 0.05) is 25.1 Å². The highest BCUT2D eigenvalue weighted by atomic mass is 32.1. The monoisotopic (exact) mass is 297 g/mol. The molecule has 0 aliphatic heterocycles. The molecule has 0 bridgehead atoms. The first-order valence-electron chi connectivity index (χ1n) is 6.51. The second-order valence-electron chi connectivity index (χ2n) is 4.51. The van der Waals surface area contributed by atoms with Gasteiger partial charge in [0.05, 0.1) is 18.5 Å². The van der Waals surface area contributed by atoms with Crippen molar-refractivity contribution in [2.24, 2.45) is 5.73 Å². The molecule has 0 saturated heterocycles. The predicted molar refractivity (Wildman–Crippen MR) is 80.5 cm³/mol. The molecular weight excluding hydrogens is 278 g/mol. The van der Waals surface area contributed by atoms with E-state index in [-0.39, 0.29) is 11.2 Å². The number of ether oxygens (including phenoxy) is 1. The van der Waals surface area contributed by atoms with E-state index in [0.717, 1.165) is 10.4 Å². The number of thiophene rings is 1. The summed E-state index contributed by atoms with van der Waals surface area (Å²) in [5, 5.41) is 0.605. The van der Waals surface area contributed by atoms with Crippen LogP contribution in [-0.2, 0) is 24.4 Å². The number of nitrogens with zero attached hydrogens (tertiary/aromatic N) is 2. The lowest BCUT2D eigenvalue weighted by Crippen LogP contribution is -2.39. The minimum atomic E-state index is -0.285. The zero-order chi connectivity index (χ0) is 14.9. The molecule has 0 fully saturated rings. The molecule has 0 aliphatic carbocycles. The quantitative estimate of drug-likeness (QED) is 0.879. The van der Waals surface area contributed by atoms with Gasteiger partial charge in [-0.3, -0.25) is 13.9 Å². The standard InChI is InChI=1S/C13H19N3O3S/c1-4-15-11(17)10-8(2)9(7-14)20-12(10)16(13(15)18)5-6-19-3/h4-7,14H2,1-3H3. The van der Waals surface area contributed by atoms with Crippen LogP contribution in [0.1, 0.15) is 17.4 Å². The fourth-order valence-electron chi connectivity index (χ4n) is 2.29. The van der Waals surface area contributed by atoms with Crippen molar-refractivity contribution in [1.29, 1.82) is 0 Å². The third-order valence-electron chi connectivity index (χ3n) is 3.41. The Bertz CT molecular complexity index is 742. The number of methoxy groups -OCH3 is 1. The normalized spacial score (nSPS) is 11.4. The van der Waals surface area contributed by atoms with Crippen molar-refractivity contribution in [3.8, 4) is 0 Å². The predicted octanol–water partition coefficient (Wildman–Crippen LogP) is 0.658. The number of rotatable bonds is 5. The van der Waals surface area contributed by atoms with Crippen LogP contribution >= 0.6 is 11.3 Å². The van der Waals surface area contributed by atoms with E-state index in [4.69, 9.17) is 10.5 Å². The van der Waals surface area contributed by atoms with Gasteiger partial charge in [-0.05, 0) is 19.4 Å². The molecule has 20 heavy (non-hydrogen) atoms. The van der Waals surface area contributed by atoms with Gasteiger partial charge in [-0.1, -0.05) is 0 Å². The first-order chi connectivity index (χ1) is 9.56. The van der Waals surface area contributed by atoms with Crippen molar-refractivity contribution in [2.75, 3.05) is 13.7 Å². The number of hydrogen-bond acceptors (Lipinski definition) is 5. The van der Waals surface area contributed by atoms with Crippen molar-refractivity contribution >= 4 is 21.6 Å². The van der Waals surface area contributed by atoms with E-state index in [1.54, 1.807) is 18.6 Å². The van der Waals surface area contributed by atoms with Crippen molar-refractivity contribution in [1.82, 2.24) is 9.13 Å². The lowest BCUT2D eigenvalue weighted by molar-refractivity contribution is 0.186. The summed E-state index contributed by atoms with van der Waals surface area (Å²) in [6, 6.07) is 0. The second kappa shape index (κ2) is 5.90. The van der Waals surface area contributed by atoms with Crippen LogP contribution in [0, 0.1) is 6.92 Å². The third-order valence-corrected chi connectivity index (χ3v) is 4.75. The van der Waals surface area contributed by atoms with Crippen molar-refractivity contribution in [2.45, 2.75) is 33.5 Å². The maximum atomic E-state index is 12.4. The Kier molecular flexibility index (Phi) is 4.42. The van der Waals surface area contributed by atoms with Crippen LogP contribution < -0.4 is 17.0 Å². The van der Waals surface area contributed by atoms with E-state index in [1.165, 1.54) is 15.9 Å². The van der Waals surface area contributed by atoms with Crippen LogP contribution in [0.3, 0.4) is 0 Å². The van der Waals surface area contributed by atoms with E-state index in [1.807, 2.05) is 6.92 Å². The SMILES string of the molecule is CCn1c(=O)c2c(C)c(CN)sc2n(CCOC)c1=O. The van der Waals surface area contributed by atoms with Crippen LogP contribution in [0.4, 0.5) is 0 Å². The number of nitrogens with two attached hydrogens (primary N) is 1. The third kappa shape index (κ3) is 2.21. The van der Waals surface area contributed by atoms with Gasteiger partial charge in [0.2, 0.25) is 0 Å². The number of hydrogen-bond donors (Lipinski definition) is 1. The Hall–Kier alpha value is -1.44. The van der Waals surface area contributed by atoms with E-state index in [9.17, 15) is 9.59 Å². The first kappa shape index (κ1) is 15.0. The van der Waals surface area contributed by atoms with Crippen LogP contribution in [0.2, 0.25) is 0 Å². The number of fused-ring (bicyclic) bond motifs is 1. The maximum absolute atomic E-state index is 12.4. The van der Waals surface area contributed by atoms with E-state index in [2.05, 4.69) is 0 Å². The highest BCUT2D eigenvalue weighted by Crippen LogP contribution is 2.27. The van der Waals surface area contributed by atoms with Gasteiger partial charge in [-0.2, -0.15) is 0 Å². The van der Waals surface area contributed by atoms with Crippen molar-refractivity contribution in [3.63, 3.8) is 0 Å². The van der Waals surface area contributed by atoms with E-state index >= 15 is 0 Å². The van der Waals surface area contributed by atoms with E-state index < -0.39 is 0 Å². The molecule has 2 aromatic heterocycles. The lowest BCUT2D eigenvalue weighted by Gasteiger charge is -2.10. The highest BCUT2D eigenvalue weighted by Gasteiger charge is 2.18. The molecule has 0 radical (unpaired) electrons. The second-order valence-corrected chi connectivity index (χ2v) is 5.59. The Labute approximate surface area is 120 Å². The molecule has 0 saturated carbocycles. The summed E-state index contributed by atoms with van der Waals surface area (Å²) in [5.74, 6) is 0. The topological polar surface area (TPSA) is 79.2 Å². The minimum Gasteiger partial charge on any atom is -0.383 e. The van der Waals surface area contributed by atoms with Crippen LogP contribution in [0.25, 0.3) is 10.2 Å². The van der Waals surface area contributed by atoms with Gasteiger partial charge >= 0.3 is 5.69 Å². The maximum Gasteiger partial charge on any atom is 0.332 e. The van der Waals surface area contributed by atoms with Gasteiger partial charge < -0.3 is 10.5 Å². The summed E-state index contributed by atoms with van der Waals surface area (Å²) >= 11 is 1.42. The number of aromatic nitrogens is 2. The fourth-order valence-corrected chi connectivity index (χ4v) is 3.49. The minimum absolute atomic E-state index is 0.227. The van der Waals surface area contributed by atoms with Crippen LogP contribution in [-0.4, -0.2) is 22.9 Å². The van der Waals surface area contributed by atoms with Crippen molar-refractivity contribution in [3.05, 3.63) is 31.3 Å². The molecular formula is C13H19N3O3S. The smallest absolute Gasteiger partial charge is 0.332 e. The molecule has 110 valence electrons. The van der Waals surface area contributed by atoms with Crippen LogP contribution in [0.5, 0.6) is 0 Å². The van der Waals surface area contributed by atoms with Gasteiger partial charge in [0.1, 0.15) is 4.83 Å². The summed E-state index contributed by atoms with van der Waals surface area (Å²) in [4.78, 5) is 26.5. The van der Waals surface area contributed by atoms with Gasteiger partial charge in [0.15, 0.2) is 0 Å². The Morgan fingerprint density at radius 2 is 2.00 bits per heavy atom. The molecule has 0 aliphatic rings. The zero-order valence-electron chi connectivity index (χ0n) is 11.9. The number of aryl methyl sites for hydroxylation is 1. The average Bonchev–Trinajstić information content (AvgIpc) is 2.76. The summed E-state index contributed by atoms with van der Waals surface area (Å²) in [6.45, 7) is 5.25. The van der Waals surface area contributed by atoms with E-state index in [0.29, 0.717) is 36.5 Å². The summed E-state index contributed by atoms with van der Waals surface area (Å²) in [5.41, 5.74) is 6.08. The lowest BCUT2D eigenvalue weighted by atomic mass is 10.2.